The Kier molecular flexibility index (Phi) is 7.39. The third-order valence-corrected chi connectivity index (χ3v) is 2.40. The topological polar surface area (TPSA) is 55.8 Å². The predicted molar refractivity (Wildman–Crippen MR) is 69.2 cm³/mol. The second-order valence-electron chi connectivity index (χ2n) is 5.02. The van der Waals surface area contributed by atoms with Crippen LogP contribution in [0.2, 0.25) is 0 Å². The Bertz CT molecular complexity index is 276. The molecule has 0 aromatic carbocycles. The third kappa shape index (κ3) is 5.38. The van der Waals surface area contributed by atoms with Gasteiger partial charge in [0.1, 0.15) is 6.04 Å². The number of nitrogens with zero attached hydrogens (tertiary/aromatic N) is 1. The van der Waals surface area contributed by atoms with Gasteiger partial charge in [-0.25, -0.2) is 9.59 Å². The maximum Gasteiger partial charge on any atom is 0.410 e. The number of esters is 1. The smallest absolute Gasteiger partial charge is 0.410 e. The molecule has 0 rings (SSSR count). The second-order valence-corrected chi connectivity index (χ2v) is 5.02. The van der Waals surface area contributed by atoms with Gasteiger partial charge in [0.2, 0.25) is 0 Å². The second kappa shape index (κ2) is 7.95. The van der Waals surface area contributed by atoms with Crippen molar-refractivity contribution in [2.45, 2.75) is 40.7 Å². The average molecular weight is 259 g/mol. The molecule has 5 heteroatoms. The molecule has 0 aliphatic rings. The number of amides is 1. The zero-order chi connectivity index (χ0) is 14.3. The van der Waals surface area contributed by atoms with Gasteiger partial charge in [-0.2, -0.15) is 0 Å². The van der Waals surface area contributed by atoms with Crippen molar-refractivity contribution < 1.29 is 19.1 Å². The van der Waals surface area contributed by atoms with Crippen molar-refractivity contribution in [1.29, 1.82) is 0 Å². The molecule has 1 atom stereocenters. The number of carbonyl (C=O) groups is 2. The van der Waals surface area contributed by atoms with Gasteiger partial charge in [0.25, 0.3) is 0 Å². The Labute approximate surface area is 109 Å². The molecule has 0 aromatic heterocycles. The molecule has 106 valence electrons. The highest BCUT2D eigenvalue weighted by molar-refractivity contribution is 5.81. The van der Waals surface area contributed by atoms with Crippen LogP contribution in [0.25, 0.3) is 0 Å². The highest BCUT2D eigenvalue weighted by Crippen LogP contribution is 2.13. The number of likely N-dealkylation sites (N-methyl/N-ethyl adjacent to an activating group) is 1. The number of hydrogen-bond acceptors (Lipinski definition) is 4. The lowest BCUT2D eigenvalue weighted by Crippen LogP contribution is -2.47. The normalized spacial score (nSPS) is 12.4. The molecule has 1 unspecified atom stereocenters. The molecule has 0 spiro atoms. The quantitative estimate of drug-likeness (QED) is 0.687. The summed E-state index contributed by atoms with van der Waals surface area (Å²) in [6.07, 6.45) is -0.490. The number of carbonyl (C=O) groups excluding carboxylic acids is 2. The molecule has 0 saturated carbocycles. The van der Waals surface area contributed by atoms with Gasteiger partial charge in [-0.3, -0.25) is 4.90 Å². The summed E-state index contributed by atoms with van der Waals surface area (Å²) in [5, 5.41) is 0. The third-order valence-electron chi connectivity index (χ3n) is 2.40. The summed E-state index contributed by atoms with van der Waals surface area (Å²) in [5.74, 6) is -0.153. The van der Waals surface area contributed by atoms with Gasteiger partial charge in [0, 0.05) is 7.05 Å². The molecule has 0 radical (unpaired) electrons. The molecule has 18 heavy (non-hydrogen) atoms. The summed E-state index contributed by atoms with van der Waals surface area (Å²) < 4.78 is 10.1. The Hall–Kier alpha value is -1.26. The molecular formula is C13H25NO4. The summed E-state index contributed by atoms with van der Waals surface area (Å²) in [5.41, 5.74) is 0. The van der Waals surface area contributed by atoms with E-state index in [0.717, 1.165) is 0 Å². The highest BCUT2D eigenvalue weighted by Gasteiger charge is 2.31. The molecule has 0 heterocycles. The Balaban J connectivity index is 4.60. The van der Waals surface area contributed by atoms with E-state index in [1.54, 1.807) is 14.0 Å². The first-order chi connectivity index (χ1) is 8.31. The van der Waals surface area contributed by atoms with Crippen LogP contribution in [-0.2, 0) is 14.3 Å². The van der Waals surface area contributed by atoms with Gasteiger partial charge >= 0.3 is 12.1 Å². The molecule has 0 N–H and O–H groups in total. The maximum absolute atomic E-state index is 11.8. The summed E-state index contributed by atoms with van der Waals surface area (Å²) >= 11 is 0. The van der Waals surface area contributed by atoms with Crippen molar-refractivity contribution in [1.82, 2.24) is 4.90 Å². The van der Waals surface area contributed by atoms with Gasteiger partial charge in [-0.05, 0) is 18.8 Å². The van der Waals surface area contributed by atoms with Crippen molar-refractivity contribution in [3.8, 4) is 0 Å². The van der Waals surface area contributed by atoms with Crippen LogP contribution in [0.15, 0.2) is 0 Å². The minimum absolute atomic E-state index is 0.0272. The molecular weight excluding hydrogens is 234 g/mol. The summed E-state index contributed by atoms with van der Waals surface area (Å²) in [4.78, 5) is 24.9. The van der Waals surface area contributed by atoms with Gasteiger partial charge in [-0.15, -0.1) is 0 Å². The number of ether oxygens (including phenoxy) is 2. The van der Waals surface area contributed by atoms with E-state index in [1.165, 1.54) is 4.90 Å². The molecule has 0 aliphatic carbocycles. The summed E-state index contributed by atoms with van der Waals surface area (Å²) in [6, 6.07) is -0.607. The van der Waals surface area contributed by atoms with E-state index in [2.05, 4.69) is 0 Å². The Morgan fingerprint density at radius 3 is 2.06 bits per heavy atom. The van der Waals surface area contributed by atoms with Crippen LogP contribution in [0.1, 0.15) is 34.6 Å². The largest absolute Gasteiger partial charge is 0.464 e. The summed E-state index contributed by atoms with van der Waals surface area (Å²) in [6.45, 7) is 10.0. The fourth-order valence-corrected chi connectivity index (χ4v) is 1.56. The first-order valence-corrected chi connectivity index (χ1v) is 6.37. The fourth-order valence-electron chi connectivity index (χ4n) is 1.56. The van der Waals surface area contributed by atoms with Crippen LogP contribution >= 0.6 is 0 Å². The van der Waals surface area contributed by atoms with Crippen LogP contribution in [-0.4, -0.2) is 43.3 Å². The van der Waals surface area contributed by atoms with Gasteiger partial charge in [0.05, 0.1) is 13.2 Å². The number of rotatable bonds is 6. The standard InChI is InChI=1S/C13H25NO4/c1-7-17-12(15)11(10(4)5)14(6)13(16)18-8-9(2)3/h9-11H,7-8H2,1-6H3. The van der Waals surface area contributed by atoms with Gasteiger partial charge in [-0.1, -0.05) is 27.7 Å². The predicted octanol–water partition coefficient (Wildman–Crippen LogP) is 2.30. The van der Waals surface area contributed by atoms with Crippen LogP contribution in [0, 0.1) is 11.8 Å². The molecule has 1 amide bonds. The lowest BCUT2D eigenvalue weighted by atomic mass is 10.0. The van der Waals surface area contributed by atoms with Crippen molar-refractivity contribution in [2.24, 2.45) is 11.8 Å². The molecule has 0 aliphatic heterocycles. The van der Waals surface area contributed by atoms with E-state index < -0.39 is 18.1 Å². The van der Waals surface area contributed by atoms with Crippen LogP contribution in [0.4, 0.5) is 4.79 Å². The van der Waals surface area contributed by atoms with E-state index in [-0.39, 0.29) is 11.8 Å². The molecule has 0 aromatic rings. The summed E-state index contributed by atoms with van der Waals surface area (Å²) in [7, 11) is 1.56. The average Bonchev–Trinajstić information content (AvgIpc) is 2.25. The zero-order valence-electron chi connectivity index (χ0n) is 12.2. The van der Waals surface area contributed by atoms with Crippen molar-refractivity contribution >= 4 is 12.1 Å². The van der Waals surface area contributed by atoms with Crippen molar-refractivity contribution in [3.63, 3.8) is 0 Å². The van der Waals surface area contributed by atoms with Crippen molar-refractivity contribution in [2.75, 3.05) is 20.3 Å². The minimum Gasteiger partial charge on any atom is -0.464 e. The van der Waals surface area contributed by atoms with E-state index in [4.69, 9.17) is 9.47 Å². The van der Waals surface area contributed by atoms with E-state index in [1.807, 2.05) is 27.7 Å². The van der Waals surface area contributed by atoms with Gasteiger partial charge in [0.15, 0.2) is 0 Å². The lowest BCUT2D eigenvalue weighted by molar-refractivity contribution is -0.150. The van der Waals surface area contributed by atoms with Gasteiger partial charge < -0.3 is 9.47 Å². The molecule has 0 bridgehead atoms. The SMILES string of the molecule is CCOC(=O)C(C(C)C)N(C)C(=O)OCC(C)C. The monoisotopic (exact) mass is 259 g/mol. The minimum atomic E-state index is -0.607. The molecule has 0 saturated heterocycles. The molecule has 5 nitrogen and oxygen atoms in total. The van der Waals surface area contributed by atoms with Crippen LogP contribution in [0.3, 0.4) is 0 Å². The lowest BCUT2D eigenvalue weighted by Gasteiger charge is -2.28. The van der Waals surface area contributed by atoms with Crippen LogP contribution < -0.4 is 0 Å². The highest BCUT2D eigenvalue weighted by atomic mass is 16.6. The van der Waals surface area contributed by atoms with E-state index in [0.29, 0.717) is 13.2 Å². The maximum atomic E-state index is 11.8. The van der Waals surface area contributed by atoms with E-state index in [9.17, 15) is 9.59 Å². The zero-order valence-corrected chi connectivity index (χ0v) is 12.2. The first-order valence-electron chi connectivity index (χ1n) is 6.37. The van der Waals surface area contributed by atoms with Crippen molar-refractivity contribution in [3.05, 3.63) is 0 Å². The first kappa shape index (κ1) is 16.7. The van der Waals surface area contributed by atoms with Crippen LogP contribution in [0.5, 0.6) is 0 Å². The fraction of sp³-hybridized carbons (Fsp3) is 0.846. The molecule has 0 fully saturated rings. The van der Waals surface area contributed by atoms with E-state index >= 15 is 0 Å². The Morgan fingerprint density at radius 1 is 1.11 bits per heavy atom. The Morgan fingerprint density at radius 2 is 1.67 bits per heavy atom. The number of hydrogen-bond donors (Lipinski definition) is 0.